The van der Waals surface area contributed by atoms with Gasteiger partial charge in [0.15, 0.2) is 5.90 Å². The third-order valence-electron chi connectivity index (χ3n) is 4.20. The van der Waals surface area contributed by atoms with E-state index < -0.39 is 0 Å². The van der Waals surface area contributed by atoms with E-state index in [1.54, 1.807) is 0 Å². The van der Waals surface area contributed by atoms with Gasteiger partial charge in [0.1, 0.15) is 6.61 Å². The number of aliphatic imine (C=N–C) groups is 1. The van der Waals surface area contributed by atoms with E-state index in [0.29, 0.717) is 13.0 Å². The van der Waals surface area contributed by atoms with E-state index in [1.165, 1.54) is 44.9 Å². The first-order valence-corrected chi connectivity index (χ1v) is 10.4. The molecule has 0 atom stereocenters. The number of allylic oxidation sites excluding steroid dienone is 2. The number of ether oxygens (including phenoxy) is 1. The molecule has 0 unspecified atom stereocenters. The molecule has 144 valence electrons. The SMILES string of the molecule is CCCCCC=CCCCCC#CCC#CCCCC1=NC(C)(C)CO1. The summed E-state index contributed by atoms with van der Waals surface area (Å²) < 4.78 is 5.57. The number of nitrogens with zero attached hydrogens (tertiary/aromatic N) is 1. The molecule has 0 aromatic rings. The lowest BCUT2D eigenvalue weighted by Gasteiger charge is -2.07. The number of hydrogen-bond acceptors (Lipinski definition) is 2. The topological polar surface area (TPSA) is 21.6 Å². The molecule has 1 rings (SSSR count). The second-order valence-electron chi connectivity index (χ2n) is 7.56. The van der Waals surface area contributed by atoms with Crippen LogP contribution in [0.25, 0.3) is 0 Å². The lowest BCUT2D eigenvalue weighted by atomic mass is 10.1. The van der Waals surface area contributed by atoms with Crippen LogP contribution in [0.15, 0.2) is 17.1 Å². The minimum Gasteiger partial charge on any atom is -0.478 e. The molecule has 0 fully saturated rings. The van der Waals surface area contributed by atoms with E-state index in [-0.39, 0.29) is 5.54 Å². The molecular weight excluding hydrogens is 318 g/mol. The van der Waals surface area contributed by atoms with Gasteiger partial charge in [-0.05, 0) is 52.4 Å². The van der Waals surface area contributed by atoms with Crippen molar-refractivity contribution in [3.05, 3.63) is 12.2 Å². The molecule has 1 heterocycles. The first-order valence-electron chi connectivity index (χ1n) is 10.4. The summed E-state index contributed by atoms with van der Waals surface area (Å²) in [5.74, 6) is 13.6. The summed E-state index contributed by atoms with van der Waals surface area (Å²) in [6.07, 6.45) is 18.0. The van der Waals surface area contributed by atoms with Crippen LogP contribution in [0.5, 0.6) is 0 Å². The van der Waals surface area contributed by atoms with Gasteiger partial charge in [-0.25, -0.2) is 4.99 Å². The molecule has 0 radical (unpaired) electrons. The third-order valence-corrected chi connectivity index (χ3v) is 4.20. The van der Waals surface area contributed by atoms with Gasteiger partial charge in [-0.15, -0.1) is 11.8 Å². The van der Waals surface area contributed by atoms with Gasteiger partial charge in [0.25, 0.3) is 0 Å². The second-order valence-corrected chi connectivity index (χ2v) is 7.56. The van der Waals surface area contributed by atoms with E-state index in [4.69, 9.17) is 4.74 Å². The lowest BCUT2D eigenvalue weighted by Crippen LogP contribution is -2.17. The highest BCUT2D eigenvalue weighted by Gasteiger charge is 2.25. The molecule has 0 aliphatic carbocycles. The molecule has 0 spiro atoms. The predicted octanol–water partition coefficient (Wildman–Crippen LogP) is 6.46. The van der Waals surface area contributed by atoms with E-state index >= 15 is 0 Å². The molecule has 0 bridgehead atoms. The minimum absolute atomic E-state index is 0.0402. The Kier molecular flexibility index (Phi) is 12.5. The second kappa shape index (κ2) is 14.5. The molecule has 0 N–H and O–H groups in total. The van der Waals surface area contributed by atoms with Gasteiger partial charge >= 0.3 is 0 Å². The van der Waals surface area contributed by atoms with Crippen molar-refractivity contribution in [3.8, 4) is 23.7 Å². The van der Waals surface area contributed by atoms with Crippen molar-refractivity contribution in [2.24, 2.45) is 4.99 Å². The molecule has 1 aliphatic heterocycles. The van der Waals surface area contributed by atoms with E-state index in [9.17, 15) is 0 Å². The van der Waals surface area contributed by atoms with E-state index in [2.05, 4.69) is 61.6 Å². The van der Waals surface area contributed by atoms with Crippen molar-refractivity contribution in [2.75, 3.05) is 6.61 Å². The normalized spacial score (nSPS) is 15.0. The smallest absolute Gasteiger partial charge is 0.183 e. The molecule has 0 aromatic carbocycles. The van der Waals surface area contributed by atoms with Crippen molar-refractivity contribution in [2.45, 2.75) is 103 Å². The molecule has 2 heteroatoms. The number of rotatable bonds is 11. The fourth-order valence-electron chi connectivity index (χ4n) is 2.69. The highest BCUT2D eigenvalue weighted by atomic mass is 16.5. The van der Waals surface area contributed by atoms with Crippen LogP contribution >= 0.6 is 0 Å². The largest absolute Gasteiger partial charge is 0.478 e. The molecule has 0 saturated heterocycles. The molecule has 0 amide bonds. The monoisotopic (exact) mass is 355 g/mol. The lowest BCUT2D eigenvalue weighted by molar-refractivity contribution is 0.273. The quantitative estimate of drug-likeness (QED) is 0.237. The van der Waals surface area contributed by atoms with Crippen LogP contribution in [-0.4, -0.2) is 18.0 Å². The van der Waals surface area contributed by atoms with Gasteiger partial charge in [-0.3, -0.25) is 0 Å². The molecular formula is C24H37NO. The van der Waals surface area contributed by atoms with Crippen molar-refractivity contribution < 1.29 is 4.74 Å². The summed E-state index contributed by atoms with van der Waals surface area (Å²) in [5.41, 5.74) is -0.0402. The highest BCUT2D eigenvalue weighted by molar-refractivity contribution is 5.78. The average Bonchev–Trinajstić information content (AvgIpc) is 2.96. The van der Waals surface area contributed by atoms with E-state index in [1.807, 2.05) is 0 Å². The van der Waals surface area contributed by atoms with Crippen molar-refractivity contribution >= 4 is 5.90 Å². The third kappa shape index (κ3) is 12.7. The van der Waals surface area contributed by atoms with Crippen molar-refractivity contribution in [3.63, 3.8) is 0 Å². The van der Waals surface area contributed by atoms with Crippen LogP contribution < -0.4 is 0 Å². The van der Waals surface area contributed by atoms with Crippen molar-refractivity contribution in [1.82, 2.24) is 0 Å². The van der Waals surface area contributed by atoms with Crippen LogP contribution in [0.2, 0.25) is 0 Å². The standard InChI is InChI=1S/C24H37NO/c1-4-5-6-7-8-9-10-11-12-13-14-15-16-17-18-19-20-21-23-25-24(2,3)22-26-23/h8-9H,4-7,10-13,16,19-22H2,1-3H3. The Hall–Kier alpha value is -1.67. The van der Waals surface area contributed by atoms with Gasteiger partial charge in [0.2, 0.25) is 0 Å². The molecule has 1 aliphatic rings. The summed E-state index contributed by atoms with van der Waals surface area (Å²) in [5, 5.41) is 0. The zero-order chi connectivity index (χ0) is 18.9. The Balaban J connectivity index is 1.92. The Labute approximate surface area is 161 Å². The number of unbranched alkanes of at least 4 members (excludes halogenated alkanes) is 7. The zero-order valence-electron chi connectivity index (χ0n) is 17.2. The maximum atomic E-state index is 5.57. The fraction of sp³-hybridized carbons (Fsp3) is 0.708. The molecule has 2 nitrogen and oxygen atoms in total. The van der Waals surface area contributed by atoms with Crippen LogP contribution in [0.1, 0.15) is 97.8 Å². The molecule has 26 heavy (non-hydrogen) atoms. The average molecular weight is 356 g/mol. The first kappa shape index (κ1) is 22.4. The highest BCUT2D eigenvalue weighted by Crippen LogP contribution is 2.19. The van der Waals surface area contributed by atoms with Crippen LogP contribution in [0.3, 0.4) is 0 Å². The summed E-state index contributed by atoms with van der Waals surface area (Å²) in [6.45, 7) is 7.16. The Morgan fingerprint density at radius 3 is 2.19 bits per heavy atom. The van der Waals surface area contributed by atoms with Gasteiger partial charge < -0.3 is 4.74 Å². The van der Waals surface area contributed by atoms with Gasteiger partial charge in [-0.1, -0.05) is 43.8 Å². The predicted molar refractivity (Wildman–Crippen MR) is 113 cm³/mol. The van der Waals surface area contributed by atoms with Crippen LogP contribution in [0, 0.1) is 23.7 Å². The van der Waals surface area contributed by atoms with Crippen LogP contribution in [0.4, 0.5) is 0 Å². The number of hydrogen-bond donors (Lipinski definition) is 0. The molecule has 0 aromatic heterocycles. The Morgan fingerprint density at radius 1 is 0.923 bits per heavy atom. The van der Waals surface area contributed by atoms with E-state index in [0.717, 1.165) is 31.6 Å². The fourth-order valence-corrected chi connectivity index (χ4v) is 2.69. The Morgan fingerprint density at radius 2 is 1.58 bits per heavy atom. The van der Waals surface area contributed by atoms with Crippen LogP contribution in [-0.2, 0) is 4.74 Å². The summed E-state index contributed by atoms with van der Waals surface area (Å²) in [7, 11) is 0. The zero-order valence-corrected chi connectivity index (χ0v) is 17.2. The minimum atomic E-state index is -0.0402. The van der Waals surface area contributed by atoms with Crippen molar-refractivity contribution in [1.29, 1.82) is 0 Å². The maximum Gasteiger partial charge on any atom is 0.183 e. The first-order chi connectivity index (χ1) is 12.6. The molecule has 0 saturated carbocycles. The summed E-state index contributed by atoms with van der Waals surface area (Å²) in [4.78, 5) is 4.55. The maximum absolute atomic E-state index is 5.57. The van der Waals surface area contributed by atoms with Gasteiger partial charge in [0, 0.05) is 19.3 Å². The summed E-state index contributed by atoms with van der Waals surface area (Å²) in [6, 6.07) is 0. The summed E-state index contributed by atoms with van der Waals surface area (Å²) >= 11 is 0. The van der Waals surface area contributed by atoms with Gasteiger partial charge in [-0.2, -0.15) is 0 Å². The van der Waals surface area contributed by atoms with Gasteiger partial charge in [0.05, 0.1) is 12.0 Å². The Bertz CT molecular complexity index is 548.